The Morgan fingerprint density at radius 1 is 1.39 bits per heavy atom. The van der Waals surface area contributed by atoms with Crippen LogP contribution in [0.1, 0.15) is 23.8 Å². The standard InChI is InChI=1S/C16H17N3O3S/c1-10-9-17-15(23-10)18-14(20)16(2)8-13(19-22-16)11-4-6-12(21-3)7-5-11/h4-7,9H,8H2,1-3H3,(H,17,18,20). The fraction of sp³-hybridized carbons (Fsp3) is 0.312. The maximum Gasteiger partial charge on any atom is 0.273 e. The summed E-state index contributed by atoms with van der Waals surface area (Å²) in [4.78, 5) is 23.1. The molecular weight excluding hydrogens is 314 g/mol. The first-order valence-electron chi connectivity index (χ1n) is 7.13. The van der Waals surface area contributed by atoms with Gasteiger partial charge in [0.05, 0.1) is 12.8 Å². The van der Waals surface area contributed by atoms with Crippen molar-refractivity contribution in [1.29, 1.82) is 0 Å². The van der Waals surface area contributed by atoms with E-state index in [1.165, 1.54) is 11.3 Å². The quantitative estimate of drug-likeness (QED) is 0.935. The van der Waals surface area contributed by atoms with Crippen LogP contribution in [0.4, 0.5) is 5.13 Å². The molecule has 23 heavy (non-hydrogen) atoms. The third-order valence-corrected chi connectivity index (χ3v) is 4.44. The summed E-state index contributed by atoms with van der Waals surface area (Å²) in [7, 11) is 1.62. The molecule has 1 N–H and O–H groups in total. The van der Waals surface area contributed by atoms with Gasteiger partial charge >= 0.3 is 0 Å². The second-order valence-corrected chi connectivity index (χ2v) is 6.73. The first-order chi connectivity index (χ1) is 11.0. The molecule has 1 aliphatic rings. The third-order valence-electron chi connectivity index (χ3n) is 3.61. The van der Waals surface area contributed by atoms with E-state index in [4.69, 9.17) is 9.57 Å². The van der Waals surface area contributed by atoms with Crippen molar-refractivity contribution in [2.24, 2.45) is 5.16 Å². The van der Waals surface area contributed by atoms with E-state index < -0.39 is 5.60 Å². The molecule has 0 aliphatic carbocycles. The average Bonchev–Trinajstić information content (AvgIpc) is 3.14. The molecule has 3 rings (SSSR count). The van der Waals surface area contributed by atoms with Gasteiger partial charge in [-0.3, -0.25) is 10.1 Å². The normalized spacial score (nSPS) is 19.9. The van der Waals surface area contributed by atoms with Crippen LogP contribution in [0, 0.1) is 6.92 Å². The molecule has 1 amide bonds. The number of ether oxygens (including phenoxy) is 1. The van der Waals surface area contributed by atoms with Gasteiger partial charge < -0.3 is 9.57 Å². The highest BCUT2D eigenvalue weighted by Gasteiger charge is 2.42. The number of carbonyl (C=O) groups is 1. The first kappa shape index (κ1) is 15.5. The van der Waals surface area contributed by atoms with E-state index >= 15 is 0 Å². The second kappa shape index (κ2) is 6.00. The summed E-state index contributed by atoms with van der Waals surface area (Å²) in [6.07, 6.45) is 2.12. The maximum absolute atomic E-state index is 12.5. The number of aryl methyl sites for hydroxylation is 1. The molecule has 7 heteroatoms. The summed E-state index contributed by atoms with van der Waals surface area (Å²) in [6, 6.07) is 7.50. The van der Waals surface area contributed by atoms with Gasteiger partial charge in [-0.1, -0.05) is 5.16 Å². The van der Waals surface area contributed by atoms with Crippen LogP contribution in [0.5, 0.6) is 5.75 Å². The van der Waals surface area contributed by atoms with Gasteiger partial charge in [0.2, 0.25) is 5.60 Å². The van der Waals surface area contributed by atoms with Crippen molar-refractivity contribution in [1.82, 2.24) is 4.98 Å². The van der Waals surface area contributed by atoms with Gasteiger partial charge in [0.25, 0.3) is 5.91 Å². The Hall–Kier alpha value is -2.41. The Balaban J connectivity index is 1.69. The molecule has 1 aromatic heterocycles. The van der Waals surface area contributed by atoms with Gasteiger partial charge in [0, 0.05) is 17.5 Å². The number of thiazole rings is 1. The summed E-state index contributed by atoms with van der Waals surface area (Å²) >= 11 is 1.42. The summed E-state index contributed by atoms with van der Waals surface area (Å²) in [6.45, 7) is 3.66. The Bertz CT molecular complexity index is 754. The highest BCUT2D eigenvalue weighted by molar-refractivity contribution is 7.15. The number of benzene rings is 1. The average molecular weight is 331 g/mol. The minimum atomic E-state index is -1.03. The van der Waals surface area contributed by atoms with Crippen LogP contribution in [-0.2, 0) is 9.63 Å². The smallest absolute Gasteiger partial charge is 0.273 e. The molecule has 1 atom stereocenters. The minimum absolute atomic E-state index is 0.251. The van der Waals surface area contributed by atoms with Crippen LogP contribution in [0.3, 0.4) is 0 Å². The zero-order chi connectivity index (χ0) is 16.4. The molecule has 2 aromatic rings. The van der Waals surface area contributed by atoms with Crippen molar-refractivity contribution in [2.45, 2.75) is 25.9 Å². The van der Waals surface area contributed by atoms with Gasteiger partial charge in [-0.2, -0.15) is 0 Å². The number of hydrogen-bond acceptors (Lipinski definition) is 6. The summed E-state index contributed by atoms with van der Waals surface area (Å²) < 4.78 is 5.14. The van der Waals surface area contributed by atoms with Crippen molar-refractivity contribution < 1.29 is 14.4 Å². The van der Waals surface area contributed by atoms with E-state index in [-0.39, 0.29) is 5.91 Å². The number of amides is 1. The molecule has 0 saturated carbocycles. The molecule has 0 fully saturated rings. The Kier molecular flexibility index (Phi) is 4.04. The van der Waals surface area contributed by atoms with E-state index in [1.54, 1.807) is 20.2 Å². The van der Waals surface area contributed by atoms with Gasteiger partial charge in [0.1, 0.15) is 5.75 Å². The lowest BCUT2D eigenvalue weighted by Crippen LogP contribution is -2.40. The van der Waals surface area contributed by atoms with Crippen LogP contribution in [0.15, 0.2) is 35.6 Å². The number of hydrogen-bond donors (Lipinski definition) is 1. The number of anilines is 1. The fourth-order valence-electron chi connectivity index (χ4n) is 2.24. The van der Waals surface area contributed by atoms with E-state index in [9.17, 15) is 4.79 Å². The number of rotatable bonds is 4. The van der Waals surface area contributed by atoms with E-state index in [0.717, 1.165) is 21.9 Å². The van der Waals surface area contributed by atoms with Crippen molar-refractivity contribution in [2.75, 3.05) is 12.4 Å². The van der Waals surface area contributed by atoms with Gasteiger partial charge in [0.15, 0.2) is 5.13 Å². The highest BCUT2D eigenvalue weighted by atomic mass is 32.1. The molecule has 1 aromatic carbocycles. The molecule has 0 radical (unpaired) electrons. The number of carbonyl (C=O) groups excluding carboxylic acids is 1. The van der Waals surface area contributed by atoms with Crippen LogP contribution in [0.2, 0.25) is 0 Å². The van der Waals surface area contributed by atoms with Crippen molar-refractivity contribution in [3.63, 3.8) is 0 Å². The van der Waals surface area contributed by atoms with Crippen LogP contribution < -0.4 is 10.1 Å². The molecule has 1 aliphatic heterocycles. The van der Waals surface area contributed by atoms with Gasteiger partial charge in [-0.05, 0) is 43.7 Å². The molecule has 0 saturated heterocycles. The molecule has 0 bridgehead atoms. The van der Waals surface area contributed by atoms with E-state index in [0.29, 0.717) is 11.6 Å². The van der Waals surface area contributed by atoms with E-state index in [1.807, 2.05) is 31.2 Å². The number of nitrogens with one attached hydrogen (secondary N) is 1. The van der Waals surface area contributed by atoms with Crippen molar-refractivity contribution in [3.8, 4) is 5.75 Å². The van der Waals surface area contributed by atoms with Crippen LogP contribution in [-0.4, -0.2) is 29.3 Å². The van der Waals surface area contributed by atoms with Crippen LogP contribution in [0.25, 0.3) is 0 Å². The lowest BCUT2D eigenvalue weighted by Gasteiger charge is -2.19. The molecular formula is C16H17N3O3S. The summed E-state index contributed by atoms with van der Waals surface area (Å²) in [5.74, 6) is 0.520. The van der Waals surface area contributed by atoms with E-state index in [2.05, 4.69) is 15.5 Å². The minimum Gasteiger partial charge on any atom is -0.497 e. The zero-order valence-corrected chi connectivity index (χ0v) is 13.9. The Morgan fingerprint density at radius 3 is 2.74 bits per heavy atom. The Labute approximate surface area is 138 Å². The Morgan fingerprint density at radius 2 is 2.13 bits per heavy atom. The monoisotopic (exact) mass is 331 g/mol. The maximum atomic E-state index is 12.5. The van der Waals surface area contributed by atoms with Crippen molar-refractivity contribution in [3.05, 3.63) is 40.9 Å². The van der Waals surface area contributed by atoms with Crippen molar-refractivity contribution >= 4 is 28.1 Å². The third kappa shape index (κ3) is 3.19. The molecule has 120 valence electrons. The fourth-order valence-corrected chi connectivity index (χ4v) is 2.90. The van der Waals surface area contributed by atoms with Gasteiger partial charge in [-0.15, -0.1) is 11.3 Å². The number of methoxy groups -OCH3 is 1. The summed E-state index contributed by atoms with van der Waals surface area (Å²) in [5, 5.41) is 7.43. The lowest BCUT2D eigenvalue weighted by atomic mass is 9.95. The largest absolute Gasteiger partial charge is 0.497 e. The number of nitrogens with zero attached hydrogens (tertiary/aromatic N) is 2. The molecule has 0 spiro atoms. The summed E-state index contributed by atoms with van der Waals surface area (Å²) in [5.41, 5.74) is 0.613. The SMILES string of the molecule is COc1ccc(C2=NOC(C)(C(=O)Nc3ncc(C)s3)C2)cc1. The predicted molar refractivity (Wildman–Crippen MR) is 89.1 cm³/mol. The first-order valence-corrected chi connectivity index (χ1v) is 7.95. The topological polar surface area (TPSA) is 72.8 Å². The lowest BCUT2D eigenvalue weighted by molar-refractivity contribution is -0.135. The molecule has 2 heterocycles. The highest BCUT2D eigenvalue weighted by Crippen LogP contribution is 2.29. The van der Waals surface area contributed by atoms with Crippen LogP contribution >= 0.6 is 11.3 Å². The predicted octanol–water partition coefficient (Wildman–Crippen LogP) is 2.98. The number of aromatic nitrogens is 1. The molecule has 1 unspecified atom stereocenters. The second-order valence-electron chi connectivity index (χ2n) is 5.50. The number of oxime groups is 1. The van der Waals surface area contributed by atoms with Gasteiger partial charge in [-0.25, -0.2) is 4.98 Å². The molecule has 6 nitrogen and oxygen atoms in total. The zero-order valence-electron chi connectivity index (χ0n) is 13.1.